The lowest BCUT2D eigenvalue weighted by Gasteiger charge is -2.16. The van der Waals surface area contributed by atoms with Gasteiger partial charge in [-0.2, -0.15) is 15.4 Å². The van der Waals surface area contributed by atoms with Gasteiger partial charge in [0.2, 0.25) is 0 Å². The maximum Gasteiger partial charge on any atom is 0.306 e. The van der Waals surface area contributed by atoms with Crippen molar-refractivity contribution >= 4 is 5.97 Å². The van der Waals surface area contributed by atoms with Crippen molar-refractivity contribution in [2.75, 3.05) is 0 Å². The molecule has 5 heteroatoms. The van der Waals surface area contributed by atoms with Crippen LogP contribution in [0.25, 0.3) is 0 Å². The molecule has 1 aliphatic rings. The Morgan fingerprint density at radius 2 is 1.79 bits per heavy atom. The number of carbonyl (C=O) groups is 1. The van der Waals surface area contributed by atoms with E-state index in [1.165, 1.54) is 6.42 Å². The smallest absolute Gasteiger partial charge is 0.306 e. The normalized spacial score (nSPS) is 16.9. The molecule has 2 N–H and O–H groups in total. The van der Waals surface area contributed by atoms with Crippen LogP contribution in [0.15, 0.2) is 12.4 Å². The van der Waals surface area contributed by atoms with E-state index >= 15 is 0 Å². The van der Waals surface area contributed by atoms with E-state index in [1.807, 2.05) is 0 Å². The van der Waals surface area contributed by atoms with E-state index in [9.17, 15) is 4.79 Å². The molecule has 1 aromatic heterocycles. The Kier molecular flexibility index (Phi) is 4.68. The van der Waals surface area contributed by atoms with Crippen LogP contribution in [0.5, 0.6) is 0 Å². The summed E-state index contributed by atoms with van der Waals surface area (Å²) >= 11 is 0. The zero-order chi connectivity index (χ0) is 10.2. The number of nitrogens with zero attached hydrogens (tertiary/aromatic N) is 2. The predicted molar refractivity (Wildman–Crippen MR) is 50.6 cm³/mol. The first-order chi connectivity index (χ1) is 6.80. The maximum absolute atomic E-state index is 10.4. The number of H-pyrrole nitrogens is 1. The Bertz CT molecular complexity index is 225. The second-order valence-corrected chi connectivity index (χ2v) is 3.33. The Balaban J connectivity index is 0.000000165. The fourth-order valence-corrected chi connectivity index (χ4v) is 1.52. The first kappa shape index (κ1) is 10.7. The third-order valence-electron chi connectivity index (χ3n) is 2.29. The number of rotatable bonds is 1. The van der Waals surface area contributed by atoms with Crippen molar-refractivity contribution in [3.8, 4) is 0 Å². The van der Waals surface area contributed by atoms with Gasteiger partial charge in [-0.25, -0.2) is 0 Å². The number of hydrogen-bond donors (Lipinski definition) is 2. The Morgan fingerprint density at radius 3 is 2.07 bits per heavy atom. The number of aromatic amines is 1. The third-order valence-corrected chi connectivity index (χ3v) is 2.29. The monoisotopic (exact) mass is 197 g/mol. The molecule has 0 atom stereocenters. The molecule has 1 fully saturated rings. The van der Waals surface area contributed by atoms with Crippen LogP contribution in [0.1, 0.15) is 32.1 Å². The molecular formula is C9H15N3O2. The number of aromatic nitrogens is 3. The largest absolute Gasteiger partial charge is 0.481 e. The molecule has 0 spiro atoms. The van der Waals surface area contributed by atoms with Crippen LogP contribution < -0.4 is 0 Å². The number of carboxylic acid groups (broad SMARTS) is 1. The van der Waals surface area contributed by atoms with Crippen LogP contribution in [-0.4, -0.2) is 26.5 Å². The summed E-state index contributed by atoms with van der Waals surface area (Å²) in [6, 6.07) is 0. The lowest BCUT2D eigenvalue weighted by Crippen LogP contribution is -2.16. The van der Waals surface area contributed by atoms with Crippen LogP contribution in [-0.2, 0) is 4.79 Å². The highest BCUT2D eigenvalue weighted by Gasteiger charge is 2.19. The molecule has 0 unspecified atom stereocenters. The molecule has 1 aromatic rings. The highest BCUT2D eigenvalue weighted by molar-refractivity contribution is 5.69. The molecule has 5 nitrogen and oxygen atoms in total. The summed E-state index contributed by atoms with van der Waals surface area (Å²) in [6.07, 6.45) is 8.41. The predicted octanol–water partition coefficient (Wildman–Crippen LogP) is 1.46. The van der Waals surface area contributed by atoms with Gasteiger partial charge in [-0.05, 0) is 12.8 Å². The van der Waals surface area contributed by atoms with Crippen molar-refractivity contribution in [2.45, 2.75) is 32.1 Å². The zero-order valence-corrected chi connectivity index (χ0v) is 8.02. The van der Waals surface area contributed by atoms with E-state index in [0.29, 0.717) is 0 Å². The van der Waals surface area contributed by atoms with Crippen LogP contribution in [0.2, 0.25) is 0 Å². The van der Waals surface area contributed by atoms with E-state index in [-0.39, 0.29) is 5.92 Å². The average Bonchev–Trinajstić information content (AvgIpc) is 2.77. The van der Waals surface area contributed by atoms with E-state index in [0.717, 1.165) is 25.7 Å². The van der Waals surface area contributed by atoms with Crippen molar-refractivity contribution in [1.29, 1.82) is 0 Å². The van der Waals surface area contributed by atoms with Gasteiger partial charge in [-0.1, -0.05) is 19.3 Å². The molecule has 0 radical (unpaired) electrons. The number of carboxylic acids is 1. The topological polar surface area (TPSA) is 78.9 Å². The minimum absolute atomic E-state index is 0.0289. The van der Waals surface area contributed by atoms with Crippen molar-refractivity contribution in [2.24, 2.45) is 5.92 Å². The maximum atomic E-state index is 10.4. The van der Waals surface area contributed by atoms with Gasteiger partial charge in [-0.3, -0.25) is 4.79 Å². The summed E-state index contributed by atoms with van der Waals surface area (Å²) in [5.74, 6) is -0.631. The quantitative estimate of drug-likeness (QED) is 0.714. The van der Waals surface area contributed by atoms with Gasteiger partial charge in [0.1, 0.15) is 0 Å². The Morgan fingerprint density at radius 1 is 1.21 bits per heavy atom. The van der Waals surface area contributed by atoms with Crippen molar-refractivity contribution < 1.29 is 9.90 Å². The van der Waals surface area contributed by atoms with Crippen LogP contribution in [0, 0.1) is 5.92 Å². The highest BCUT2D eigenvalue weighted by atomic mass is 16.4. The van der Waals surface area contributed by atoms with Crippen molar-refractivity contribution in [1.82, 2.24) is 15.4 Å². The lowest BCUT2D eigenvalue weighted by molar-refractivity contribution is -0.142. The molecule has 1 heterocycles. The molecule has 1 aliphatic carbocycles. The second kappa shape index (κ2) is 6.12. The highest BCUT2D eigenvalue weighted by Crippen LogP contribution is 2.23. The standard InChI is InChI=1S/C7H12O2.C2H3N3/c8-7(9)6-4-2-1-3-5-6;1-2-4-5-3-1/h6H,1-5H2,(H,8,9);1-2H,(H,3,4,5). The average molecular weight is 197 g/mol. The zero-order valence-electron chi connectivity index (χ0n) is 8.02. The van der Waals surface area contributed by atoms with E-state index in [2.05, 4.69) is 15.4 Å². The fourth-order valence-electron chi connectivity index (χ4n) is 1.52. The number of hydrogen-bond acceptors (Lipinski definition) is 3. The molecule has 0 bridgehead atoms. The Labute approximate surface area is 82.5 Å². The number of nitrogens with one attached hydrogen (secondary N) is 1. The first-order valence-electron chi connectivity index (χ1n) is 4.83. The summed E-state index contributed by atoms with van der Waals surface area (Å²) in [5.41, 5.74) is 0. The van der Waals surface area contributed by atoms with Gasteiger partial charge in [-0.15, -0.1) is 0 Å². The molecule has 1 saturated carbocycles. The van der Waals surface area contributed by atoms with Crippen molar-refractivity contribution in [3.05, 3.63) is 12.4 Å². The van der Waals surface area contributed by atoms with E-state index in [4.69, 9.17) is 5.11 Å². The molecule has 78 valence electrons. The molecule has 14 heavy (non-hydrogen) atoms. The van der Waals surface area contributed by atoms with Crippen LogP contribution in [0.4, 0.5) is 0 Å². The van der Waals surface area contributed by atoms with Gasteiger partial charge < -0.3 is 5.11 Å². The van der Waals surface area contributed by atoms with Gasteiger partial charge >= 0.3 is 5.97 Å². The summed E-state index contributed by atoms with van der Waals surface area (Å²) in [7, 11) is 0. The summed E-state index contributed by atoms with van der Waals surface area (Å²) in [6.45, 7) is 0. The van der Waals surface area contributed by atoms with Gasteiger partial charge in [0, 0.05) is 0 Å². The Hall–Kier alpha value is -1.39. The summed E-state index contributed by atoms with van der Waals surface area (Å²) < 4.78 is 0. The minimum atomic E-state index is -0.602. The van der Waals surface area contributed by atoms with Crippen LogP contribution in [0.3, 0.4) is 0 Å². The summed E-state index contributed by atoms with van der Waals surface area (Å²) in [4.78, 5) is 10.4. The lowest BCUT2D eigenvalue weighted by atomic mass is 9.90. The van der Waals surface area contributed by atoms with Gasteiger partial charge in [0.25, 0.3) is 0 Å². The molecular weight excluding hydrogens is 182 g/mol. The third kappa shape index (κ3) is 4.02. The van der Waals surface area contributed by atoms with Crippen molar-refractivity contribution in [3.63, 3.8) is 0 Å². The van der Waals surface area contributed by atoms with E-state index < -0.39 is 5.97 Å². The van der Waals surface area contributed by atoms with Crippen LogP contribution >= 0.6 is 0 Å². The molecule has 0 amide bonds. The molecule has 0 aromatic carbocycles. The first-order valence-corrected chi connectivity index (χ1v) is 4.83. The summed E-state index contributed by atoms with van der Waals surface area (Å²) in [5, 5.41) is 17.9. The number of aliphatic carboxylic acids is 1. The molecule has 0 saturated heterocycles. The van der Waals surface area contributed by atoms with E-state index in [1.54, 1.807) is 12.4 Å². The second-order valence-electron chi connectivity index (χ2n) is 3.33. The SMILES string of the molecule is O=C(O)C1CCCCC1.c1cn[nH]n1. The van der Waals surface area contributed by atoms with Gasteiger partial charge in [0.15, 0.2) is 0 Å². The van der Waals surface area contributed by atoms with Gasteiger partial charge in [0.05, 0.1) is 18.3 Å². The molecule has 2 rings (SSSR count). The molecule has 0 aliphatic heterocycles. The minimum Gasteiger partial charge on any atom is -0.481 e. The fraction of sp³-hybridized carbons (Fsp3) is 0.667.